The maximum Gasteiger partial charge on any atom is 0.251 e. The van der Waals surface area contributed by atoms with Crippen LogP contribution in [0.4, 0.5) is 5.69 Å². The summed E-state index contributed by atoms with van der Waals surface area (Å²) in [6, 6.07) is 12.6. The van der Waals surface area contributed by atoms with Crippen molar-refractivity contribution in [3.63, 3.8) is 0 Å². The molecule has 0 aromatic heterocycles. The highest BCUT2D eigenvalue weighted by Crippen LogP contribution is 2.19. The Labute approximate surface area is 218 Å². The van der Waals surface area contributed by atoms with Crippen LogP contribution in [-0.2, 0) is 27.4 Å². The molecule has 0 aliphatic carbocycles. The van der Waals surface area contributed by atoms with Gasteiger partial charge in [-0.3, -0.25) is 14.4 Å². The number of carbonyl (C=O) groups excluding carboxylic acids is 3. The van der Waals surface area contributed by atoms with E-state index in [1.165, 1.54) is 0 Å². The van der Waals surface area contributed by atoms with Gasteiger partial charge in [0.05, 0.1) is 13.2 Å². The number of ether oxygens (including phenoxy) is 2. The van der Waals surface area contributed by atoms with Crippen LogP contribution in [0.5, 0.6) is 0 Å². The normalized spacial score (nSPS) is 11.6. The lowest BCUT2D eigenvalue weighted by Gasteiger charge is -2.10. The molecule has 0 atom stereocenters. The fourth-order valence-corrected chi connectivity index (χ4v) is 3.38. The second kappa shape index (κ2) is 17.1. The average Bonchev–Trinajstić information content (AvgIpc) is 3.29. The average molecular weight is 515 g/mol. The monoisotopic (exact) mass is 514 g/mol. The lowest BCUT2D eigenvalue weighted by Crippen LogP contribution is -2.30. The summed E-state index contributed by atoms with van der Waals surface area (Å²) >= 11 is 0. The van der Waals surface area contributed by atoms with E-state index < -0.39 is 0 Å². The highest BCUT2D eigenvalue weighted by molar-refractivity contribution is 5.99. The summed E-state index contributed by atoms with van der Waals surface area (Å²) in [6.45, 7) is 7.10. The largest absolute Gasteiger partial charge is 0.380 e. The fourth-order valence-electron chi connectivity index (χ4n) is 3.38. The summed E-state index contributed by atoms with van der Waals surface area (Å²) in [6.07, 6.45) is 1.92. The van der Waals surface area contributed by atoms with Gasteiger partial charge in [-0.1, -0.05) is 32.0 Å². The summed E-state index contributed by atoms with van der Waals surface area (Å²) in [4.78, 5) is 36.2. The lowest BCUT2D eigenvalue weighted by molar-refractivity contribution is -0.119. The first-order valence-electron chi connectivity index (χ1n) is 12.5. The number of rotatable bonds is 14. The number of fused-ring (bicyclic) bond motifs is 1. The van der Waals surface area contributed by atoms with E-state index in [1.54, 1.807) is 24.3 Å². The van der Waals surface area contributed by atoms with Crippen molar-refractivity contribution >= 4 is 23.4 Å². The number of hydrogen-bond acceptors (Lipinski definition) is 7. The van der Waals surface area contributed by atoms with Crippen LogP contribution in [0.15, 0.2) is 42.5 Å². The Morgan fingerprint density at radius 2 is 1.78 bits per heavy atom. The molecule has 202 valence electrons. The van der Waals surface area contributed by atoms with Crippen molar-refractivity contribution in [3.8, 4) is 0 Å². The maximum atomic E-state index is 12.2. The predicted octanol–water partition coefficient (Wildman–Crippen LogP) is 2.18. The van der Waals surface area contributed by atoms with E-state index in [-0.39, 0.29) is 31.1 Å². The van der Waals surface area contributed by atoms with Gasteiger partial charge in [-0.05, 0) is 48.2 Å². The molecule has 10 heteroatoms. The number of anilines is 1. The Hall–Kier alpha value is -3.47. The van der Waals surface area contributed by atoms with Crippen LogP contribution in [0, 0.1) is 0 Å². The zero-order valence-corrected chi connectivity index (χ0v) is 21.6. The summed E-state index contributed by atoms with van der Waals surface area (Å²) in [5.41, 5.74) is 3.68. The van der Waals surface area contributed by atoms with Crippen molar-refractivity contribution < 1.29 is 29.0 Å². The maximum absolute atomic E-state index is 12.2. The molecule has 0 fully saturated rings. The van der Waals surface area contributed by atoms with E-state index in [0.717, 1.165) is 24.0 Å². The van der Waals surface area contributed by atoms with Gasteiger partial charge in [-0.2, -0.15) is 0 Å². The van der Waals surface area contributed by atoms with Crippen LogP contribution in [0.2, 0.25) is 0 Å². The molecule has 2 aromatic carbocycles. The Morgan fingerprint density at radius 3 is 2.51 bits per heavy atom. The number of nitrogens with one attached hydrogen (secondary N) is 4. The molecule has 0 bridgehead atoms. The van der Waals surface area contributed by atoms with Gasteiger partial charge in [-0.15, -0.1) is 0 Å². The first-order valence-corrected chi connectivity index (χ1v) is 12.5. The van der Waals surface area contributed by atoms with Gasteiger partial charge in [-0.25, -0.2) is 0 Å². The summed E-state index contributed by atoms with van der Waals surface area (Å²) in [5, 5.41) is 19.4. The van der Waals surface area contributed by atoms with Gasteiger partial charge in [0.2, 0.25) is 5.91 Å². The third-order valence-electron chi connectivity index (χ3n) is 5.25. The van der Waals surface area contributed by atoms with Gasteiger partial charge in [0.1, 0.15) is 6.79 Å². The van der Waals surface area contributed by atoms with Crippen LogP contribution >= 0.6 is 0 Å². The smallest absolute Gasteiger partial charge is 0.251 e. The van der Waals surface area contributed by atoms with Crippen molar-refractivity contribution in [3.05, 3.63) is 64.7 Å². The van der Waals surface area contributed by atoms with E-state index in [0.29, 0.717) is 56.3 Å². The molecule has 37 heavy (non-hydrogen) atoms. The van der Waals surface area contributed by atoms with Crippen LogP contribution in [0.3, 0.4) is 0 Å². The molecule has 1 heterocycles. The Balaban J connectivity index is 0.000000717. The molecular formula is C27H38N4O6. The molecule has 3 amide bonds. The van der Waals surface area contributed by atoms with E-state index in [4.69, 9.17) is 9.84 Å². The molecule has 1 aliphatic heterocycles. The SMILES string of the molecule is CCCOCCNC(=O)c1cccc(CNC(=O)CNc2ccc3c(c2)C(=O)NC3)c1.CCCOCO. The Bertz CT molecular complexity index is 1010. The molecule has 3 rings (SSSR count). The van der Waals surface area contributed by atoms with Crippen molar-refractivity contribution in [2.24, 2.45) is 0 Å². The molecule has 0 radical (unpaired) electrons. The summed E-state index contributed by atoms with van der Waals surface area (Å²) < 4.78 is 9.89. The zero-order chi connectivity index (χ0) is 26.9. The van der Waals surface area contributed by atoms with Gasteiger partial charge in [0.25, 0.3) is 11.8 Å². The molecule has 0 spiro atoms. The highest BCUT2D eigenvalue weighted by Gasteiger charge is 2.18. The predicted molar refractivity (Wildman–Crippen MR) is 141 cm³/mol. The minimum absolute atomic E-state index is 0.0817. The first kappa shape index (κ1) is 29.8. The van der Waals surface area contributed by atoms with E-state index in [2.05, 4.69) is 26.0 Å². The second-order valence-electron chi connectivity index (χ2n) is 8.29. The molecule has 0 saturated heterocycles. The van der Waals surface area contributed by atoms with E-state index in [1.807, 2.05) is 32.0 Å². The molecule has 5 N–H and O–H groups in total. The van der Waals surface area contributed by atoms with Crippen LogP contribution in [0.1, 0.15) is 58.5 Å². The van der Waals surface area contributed by atoms with Crippen LogP contribution in [0.25, 0.3) is 0 Å². The standard InChI is InChI=1S/C23H28N4O4.C4H10O2/c1-2-9-31-10-8-24-22(29)17-5-3-4-16(11-17)13-26-21(28)15-25-19-7-6-18-14-27-23(30)20(18)12-19;1-2-3-6-4-5/h3-7,11-12,25H,2,8-10,13-15H2,1H3,(H,24,29)(H,26,28)(H,27,30);5H,2-4H2,1H3. The number of aliphatic hydroxyl groups excluding tert-OH is 1. The van der Waals surface area contributed by atoms with E-state index in [9.17, 15) is 14.4 Å². The Kier molecular flexibility index (Phi) is 13.7. The minimum Gasteiger partial charge on any atom is -0.380 e. The van der Waals surface area contributed by atoms with Gasteiger partial charge < -0.3 is 35.8 Å². The first-order chi connectivity index (χ1) is 18.0. The number of benzene rings is 2. The molecule has 2 aromatic rings. The molecule has 0 unspecified atom stereocenters. The third-order valence-corrected chi connectivity index (χ3v) is 5.25. The number of amides is 3. The zero-order valence-electron chi connectivity index (χ0n) is 21.6. The quantitative estimate of drug-likeness (QED) is 0.192. The summed E-state index contributed by atoms with van der Waals surface area (Å²) in [5.74, 6) is -0.455. The van der Waals surface area contributed by atoms with Gasteiger partial charge in [0, 0.05) is 49.7 Å². The highest BCUT2D eigenvalue weighted by atomic mass is 16.6. The molecule has 1 aliphatic rings. The van der Waals surface area contributed by atoms with Gasteiger partial charge >= 0.3 is 0 Å². The van der Waals surface area contributed by atoms with Crippen molar-refractivity contribution in [2.75, 3.05) is 45.0 Å². The number of aliphatic hydroxyl groups is 1. The van der Waals surface area contributed by atoms with Crippen molar-refractivity contribution in [1.82, 2.24) is 16.0 Å². The fraction of sp³-hybridized carbons (Fsp3) is 0.444. The van der Waals surface area contributed by atoms with Crippen LogP contribution in [-0.4, -0.2) is 62.5 Å². The number of hydrogen-bond donors (Lipinski definition) is 5. The third kappa shape index (κ3) is 11.0. The van der Waals surface area contributed by atoms with Crippen molar-refractivity contribution in [1.29, 1.82) is 0 Å². The van der Waals surface area contributed by atoms with E-state index >= 15 is 0 Å². The molecule has 10 nitrogen and oxygen atoms in total. The number of carbonyl (C=O) groups is 3. The molecule has 0 saturated carbocycles. The van der Waals surface area contributed by atoms with Crippen molar-refractivity contribution in [2.45, 2.75) is 39.8 Å². The second-order valence-corrected chi connectivity index (χ2v) is 8.29. The Morgan fingerprint density at radius 1 is 1.00 bits per heavy atom. The van der Waals surface area contributed by atoms with Crippen LogP contribution < -0.4 is 21.3 Å². The lowest BCUT2D eigenvalue weighted by atomic mass is 10.1. The minimum atomic E-state index is -0.187. The topological polar surface area (TPSA) is 138 Å². The van der Waals surface area contributed by atoms with Gasteiger partial charge in [0.15, 0.2) is 0 Å². The summed E-state index contributed by atoms with van der Waals surface area (Å²) in [7, 11) is 0. The molecular weight excluding hydrogens is 476 g/mol.